The smallest absolute Gasteiger partial charge is 0.264 e. The molecule has 5 nitrogen and oxygen atoms in total. The third kappa shape index (κ3) is 3.76. The Kier molecular flexibility index (Phi) is 4.94. The topological polar surface area (TPSA) is 66.8 Å². The Bertz CT molecular complexity index is 866. The van der Waals surface area contributed by atoms with E-state index < -0.39 is 22.4 Å². The molecule has 0 aromatic heterocycles. The molecule has 3 rings (SSSR count). The maximum Gasteiger partial charge on any atom is 0.264 e. The van der Waals surface area contributed by atoms with Gasteiger partial charge in [-0.1, -0.05) is 43.3 Å². The molecule has 0 spiro atoms. The highest BCUT2D eigenvalue weighted by Crippen LogP contribution is 2.37. The molecule has 2 atom stereocenters. The van der Waals surface area contributed by atoms with E-state index in [1.54, 1.807) is 11.1 Å². The number of fused-ring (bicyclic) bond motifs is 1. The number of aliphatic hydroxyl groups is 1. The fourth-order valence-corrected chi connectivity index (χ4v) is 3.75. The van der Waals surface area contributed by atoms with Crippen LogP contribution in [0.5, 0.6) is 0 Å². The average Bonchev–Trinajstić information content (AvgIpc) is 2.59. The third-order valence-corrected chi connectivity index (χ3v) is 4.73. The molecule has 0 bridgehead atoms. The molecule has 132 valence electrons. The van der Waals surface area contributed by atoms with Crippen LogP contribution in [0, 0.1) is 0 Å². The molecule has 2 aliphatic rings. The van der Waals surface area contributed by atoms with Crippen LogP contribution in [-0.2, 0) is 14.3 Å². The van der Waals surface area contributed by atoms with Gasteiger partial charge in [-0.25, -0.2) is 0 Å². The fraction of sp³-hybridized carbons (Fsp3) is 0.263. The van der Waals surface area contributed by atoms with Crippen molar-refractivity contribution < 1.29 is 17.7 Å². The van der Waals surface area contributed by atoms with Crippen LogP contribution >= 0.6 is 0 Å². The molecule has 0 saturated heterocycles. The zero-order valence-electron chi connectivity index (χ0n) is 14.2. The van der Waals surface area contributed by atoms with Gasteiger partial charge in [0.25, 0.3) is 10.1 Å². The lowest BCUT2D eigenvalue weighted by atomic mass is 9.89. The minimum absolute atomic E-state index is 0.467. The second-order valence-electron chi connectivity index (χ2n) is 5.98. The molecule has 1 aromatic carbocycles. The van der Waals surface area contributed by atoms with Crippen LogP contribution in [0.25, 0.3) is 5.57 Å². The first-order valence-electron chi connectivity index (χ1n) is 8.11. The van der Waals surface area contributed by atoms with Gasteiger partial charge in [0.15, 0.2) is 6.23 Å². The van der Waals surface area contributed by atoms with Crippen LogP contribution in [0.1, 0.15) is 18.9 Å². The predicted molar refractivity (Wildman–Crippen MR) is 97.6 cm³/mol. The van der Waals surface area contributed by atoms with Gasteiger partial charge in [0, 0.05) is 17.5 Å². The van der Waals surface area contributed by atoms with Crippen LogP contribution in [0.2, 0.25) is 0 Å². The van der Waals surface area contributed by atoms with E-state index in [1.165, 1.54) is 0 Å². The lowest BCUT2D eigenvalue weighted by Gasteiger charge is -2.37. The van der Waals surface area contributed by atoms with E-state index in [4.69, 9.17) is 4.18 Å². The van der Waals surface area contributed by atoms with Crippen molar-refractivity contribution in [3.05, 3.63) is 77.7 Å². The van der Waals surface area contributed by atoms with Crippen molar-refractivity contribution in [3.8, 4) is 0 Å². The maximum atomic E-state index is 11.7. The molecular weight excluding hydrogens is 338 g/mol. The van der Waals surface area contributed by atoms with Crippen molar-refractivity contribution >= 4 is 15.7 Å². The third-order valence-electron chi connectivity index (χ3n) is 4.15. The first kappa shape index (κ1) is 17.7. The zero-order valence-corrected chi connectivity index (χ0v) is 15.0. The number of hydrogen-bond acceptors (Lipinski definition) is 5. The van der Waals surface area contributed by atoms with E-state index in [0.29, 0.717) is 17.6 Å². The highest BCUT2D eigenvalue weighted by Gasteiger charge is 2.32. The number of benzene rings is 1. The number of aliphatic hydroxyl groups excluding tert-OH is 1. The van der Waals surface area contributed by atoms with Gasteiger partial charge in [0.2, 0.25) is 0 Å². The summed E-state index contributed by atoms with van der Waals surface area (Å²) in [6.07, 6.45) is 9.21. The molecule has 0 amide bonds. The van der Waals surface area contributed by atoms with E-state index in [9.17, 15) is 13.5 Å². The lowest BCUT2D eigenvalue weighted by molar-refractivity contribution is 0.110. The molecule has 1 N–H and O–H groups in total. The van der Waals surface area contributed by atoms with Gasteiger partial charge in [0.1, 0.15) is 6.10 Å². The Morgan fingerprint density at radius 3 is 2.60 bits per heavy atom. The normalized spacial score (nSPS) is 21.2. The van der Waals surface area contributed by atoms with Crippen molar-refractivity contribution in [3.63, 3.8) is 0 Å². The number of allylic oxidation sites excluding steroid dienone is 3. The molecule has 6 heteroatoms. The number of nitrogens with zero attached hydrogens (tertiary/aromatic N) is 1. The van der Waals surface area contributed by atoms with E-state index in [0.717, 1.165) is 17.5 Å². The molecular formula is C19H21NO4S. The van der Waals surface area contributed by atoms with E-state index in [1.807, 2.05) is 61.6 Å². The minimum atomic E-state index is -3.63. The number of rotatable bonds is 5. The minimum Gasteiger partial charge on any atom is -0.369 e. The Morgan fingerprint density at radius 2 is 1.96 bits per heavy atom. The summed E-state index contributed by atoms with van der Waals surface area (Å²) in [5.41, 5.74) is 2.96. The number of hydrogen-bond donors (Lipinski definition) is 1. The van der Waals surface area contributed by atoms with Crippen molar-refractivity contribution in [2.75, 3.05) is 6.26 Å². The summed E-state index contributed by atoms with van der Waals surface area (Å²) < 4.78 is 28.7. The summed E-state index contributed by atoms with van der Waals surface area (Å²) in [5.74, 6) is 0. The van der Waals surface area contributed by atoms with Crippen LogP contribution in [0.15, 0.2) is 72.1 Å². The first-order valence-corrected chi connectivity index (χ1v) is 9.93. The summed E-state index contributed by atoms with van der Waals surface area (Å²) in [6, 6.07) is 9.46. The van der Waals surface area contributed by atoms with Gasteiger partial charge >= 0.3 is 0 Å². The van der Waals surface area contributed by atoms with Crippen LogP contribution in [0.3, 0.4) is 0 Å². The van der Waals surface area contributed by atoms with Crippen LogP contribution < -0.4 is 0 Å². The van der Waals surface area contributed by atoms with Gasteiger partial charge < -0.3 is 10.0 Å². The zero-order chi connectivity index (χ0) is 18.0. The monoisotopic (exact) mass is 359 g/mol. The highest BCUT2D eigenvalue weighted by molar-refractivity contribution is 7.86. The van der Waals surface area contributed by atoms with Crippen molar-refractivity contribution in [2.45, 2.75) is 25.7 Å². The molecule has 0 saturated carbocycles. The van der Waals surface area contributed by atoms with Crippen LogP contribution in [0.4, 0.5) is 0 Å². The highest BCUT2D eigenvalue weighted by atomic mass is 32.2. The molecule has 0 fully saturated rings. The van der Waals surface area contributed by atoms with Gasteiger partial charge in [-0.05, 0) is 35.8 Å². The van der Waals surface area contributed by atoms with Crippen molar-refractivity contribution in [1.82, 2.24) is 4.90 Å². The Hall–Kier alpha value is -2.15. The van der Waals surface area contributed by atoms with E-state index in [-0.39, 0.29) is 0 Å². The predicted octanol–water partition coefficient (Wildman–Crippen LogP) is 2.80. The van der Waals surface area contributed by atoms with Crippen molar-refractivity contribution in [1.29, 1.82) is 0 Å². The summed E-state index contributed by atoms with van der Waals surface area (Å²) >= 11 is 0. The van der Waals surface area contributed by atoms with E-state index in [2.05, 4.69) is 0 Å². The van der Waals surface area contributed by atoms with Gasteiger partial charge in [-0.15, -0.1) is 0 Å². The molecule has 2 heterocycles. The second-order valence-corrected chi connectivity index (χ2v) is 7.58. The summed E-state index contributed by atoms with van der Waals surface area (Å²) in [7, 11) is -3.63. The largest absolute Gasteiger partial charge is 0.369 e. The second kappa shape index (κ2) is 7.00. The van der Waals surface area contributed by atoms with E-state index >= 15 is 0 Å². The molecule has 0 aliphatic carbocycles. The molecule has 2 unspecified atom stereocenters. The fourth-order valence-electron chi connectivity index (χ4n) is 3.09. The lowest BCUT2D eigenvalue weighted by Crippen LogP contribution is -2.37. The van der Waals surface area contributed by atoms with Gasteiger partial charge in [0.05, 0.1) is 6.26 Å². The molecule has 2 aliphatic heterocycles. The Balaban J connectivity index is 2.18. The molecule has 0 radical (unpaired) electrons. The maximum absolute atomic E-state index is 11.7. The van der Waals surface area contributed by atoms with Gasteiger partial charge in [-0.2, -0.15) is 8.42 Å². The summed E-state index contributed by atoms with van der Waals surface area (Å²) in [6.45, 7) is 1.86. The first-order chi connectivity index (χ1) is 11.9. The summed E-state index contributed by atoms with van der Waals surface area (Å²) in [4.78, 5) is 1.75. The molecule has 25 heavy (non-hydrogen) atoms. The quantitative estimate of drug-likeness (QED) is 0.819. The summed E-state index contributed by atoms with van der Waals surface area (Å²) in [5, 5.41) is 11.0. The Labute approximate surface area is 148 Å². The average molecular weight is 359 g/mol. The standard InChI is InChI=1S/C19H21NO4S/c1-3-17(24-25(2,22)23)16-13-15-11-7-8-12-20(15)19(21)18(16)14-9-5-4-6-10-14/h4-13,17,19,21H,3H2,1-2H3. The molecule has 1 aromatic rings. The van der Waals surface area contributed by atoms with Gasteiger partial charge in [-0.3, -0.25) is 4.18 Å². The van der Waals surface area contributed by atoms with Crippen molar-refractivity contribution in [2.24, 2.45) is 0 Å². The van der Waals surface area contributed by atoms with Crippen LogP contribution in [-0.4, -0.2) is 37.0 Å². The SMILES string of the molecule is CCC(OS(C)(=O)=O)C1=C(c2ccccc2)C(O)N2C=CC=CC2=C1. The Morgan fingerprint density at radius 1 is 1.24 bits per heavy atom.